The monoisotopic (exact) mass is 395 g/mol. The summed E-state index contributed by atoms with van der Waals surface area (Å²) in [6.07, 6.45) is 0. The van der Waals surface area contributed by atoms with E-state index in [1.807, 2.05) is 27.7 Å². The van der Waals surface area contributed by atoms with E-state index in [0.29, 0.717) is 11.5 Å². The highest BCUT2D eigenvalue weighted by Gasteiger charge is 2.51. The van der Waals surface area contributed by atoms with Crippen LogP contribution in [0.4, 0.5) is 14.5 Å². The summed E-state index contributed by atoms with van der Waals surface area (Å²) >= 11 is 0. The number of rotatable bonds is 4. The number of nitrogens with one attached hydrogen (secondary N) is 1. The molecule has 1 aliphatic rings. The molecule has 0 aromatic heterocycles. The van der Waals surface area contributed by atoms with E-state index in [4.69, 9.17) is 9.31 Å². The minimum absolute atomic E-state index is 0.207. The van der Waals surface area contributed by atoms with Crippen LogP contribution in [0.15, 0.2) is 47.4 Å². The second-order valence-electron chi connectivity index (χ2n) is 7.39. The second kappa shape index (κ2) is 6.58. The molecule has 0 bridgehead atoms. The molecule has 1 saturated heterocycles. The van der Waals surface area contributed by atoms with Gasteiger partial charge in [0, 0.05) is 5.69 Å². The van der Waals surface area contributed by atoms with Crippen molar-refractivity contribution in [2.24, 2.45) is 0 Å². The molecule has 1 N–H and O–H groups in total. The second-order valence-corrected chi connectivity index (χ2v) is 9.04. The Balaban J connectivity index is 1.80. The van der Waals surface area contributed by atoms with E-state index < -0.39 is 44.9 Å². The molecule has 0 unspecified atom stereocenters. The molecular formula is C18H20BF2NO4S. The van der Waals surface area contributed by atoms with E-state index in [9.17, 15) is 17.2 Å². The molecule has 1 heterocycles. The fourth-order valence-corrected chi connectivity index (χ4v) is 3.73. The number of anilines is 1. The van der Waals surface area contributed by atoms with Crippen molar-refractivity contribution < 1.29 is 26.5 Å². The van der Waals surface area contributed by atoms with Crippen LogP contribution in [-0.4, -0.2) is 26.7 Å². The van der Waals surface area contributed by atoms with E-state index in [0.717, 1.165) is 12.1 Å². The van der Waals surface area contributed by atoms with Gasteiger partial charge in [-0.3, -0.25) is 4.72 Å². The van der Waals surface area contributed by atoms with Crippen molar-refractivity contribution in [3.05, 3.63) is 54.1 Å². The van der Waals surface area contributed by atoms with Crippen molar-refractivity contribution in [2.45, 2.75) is 43.8 Å². The van der Waals surface area contributed by atoms with Crippen molar-refractivity contribution in [1.82, 2.24) is 0 Å². The van der Waals surface area contributed by atoms with Crippen molar-refractivity contribution in [3.8, 4) is 0 Å². The van der Waals surface area contributed by atoms with Gasteiger partial charge in [-0.15, -0.1) is 0 Å². The van der Waals surface area contributed by atoms with Gasteiger partial charge < -0.3 is 9.31 Å². The molecule has 1 aliphatic heterocycles. The van der Waals surface area contributed by atoms with Gasteiger partial charge in [-0.1, -0.05) is 12.1 Å². The molecular weight excluding hydrogens is 375 g/mol. The smallest absolute Gasteiger partial charge is 0.399 e. The Kier molecular flexibility index (Phi) is 4.82. The van der Waals surface area contributed by atoms with Gasteiger partial charge >= 0.3 is 7.12 Å². The average Bonchev–Trinajstić information content (AvgIpc) is 2.78. The number of benzene rings is 2. The first-order valence-corrected chi connectivity index (χ1v) is 9.83. The fraction of sp³-hybridized carbons (Fsp3) is 0.333. The highest BCUT2D eigenvalue weighted by atomic mass is 32.2. The third kappa shape index (κ3) is 3.85. The summed E-state index contributed by atoms with van der Waals surface area (Å²) in [6.45, 7) is 7.73. The summed E-state index contributed by atoms with van der Waals surface area (Å²) in [5.74, 6) is -1.87. The fourth-order valence-electron chi connectivity index (χ4n) is 2.58. The average molecular weight is 395 g/mol. The SMILES string of the molecule is CC1(C)OB(c2ccc(NS(=O)(=O)c3cc(F)ccc3F)cc2)OC1(C)C. The molecule has 3 rings (SSSR count). The van der Waals surface area contributed by atoms with Gasteiger partial charge in [-0.2, -0.15) is 0 Å². The lowest BCUT2D eigenvalue weighted by Crippen LogP contribution is -2.41. The summed E-state index contributed by atoms with van der Waals surface area (Å²) in [4.78, 5) is -0.752. The van der Waals surface area contributed by atoms with Crippen LogP contribution in [-0.2, 0) is 19.3 Å². The van der Waals surface area contributed by atoms with Crippen molar-refractivity contribution in [1.29, 1.82) is 0 Å². The van der Waals surface area contributed by atoms with Crippen LogP contribution in [0.3, 0.4) is 0 Å². The Bertz CT molecular complexity index is 946. The molecule has 0 saturated carbocycles. The molecule has 2 aromatic carbocycles. The zero-order chi connectivity index (χ0) is 20.0. The summed E-state index contributed by atoms with van der Waals surface area (Å²) in [6, 6.07) is 8.59. The van der Waals surface area contributed by atoms with E-state index >= 15 is 0 Å². The molecule has 27 heavy (non-hydrogen) atoms. The topological polar surface area (TPSA) is 64.6 Å². The van der Waals surface area contributed by atoms with Crippen molar-refractivity contribution >= 4 is 28.3 Å². The highest BCUT2D eigenvalue weighted by molar-refractivity contribution is 7.92. The van der Waals surface area contributed by atoms with Crippen LogP contribution in [0.25, 0.3) is 0 Å². The van der Waals surface area contributed by atoms with E-state index in [1.54, 1.807) is 12.1 Å². The van der Waals surface area contributed by atoms with E-state index in [1.165, 1.54) is 12.1 Å². The van der Waals surface area contributed by atoms with E-state index in [2.05, 4.69) is 4.72 Å². The van der Waals surface area contributed by atoms with Gasteiger partial charge in [0.05, 0.1) is 11.2 Å². The van der Waals surface area contributed by atoms with Gasteiger partial charge in [-0.25, -0.2) is 17.2 Å². The number of hydrogen-bond acceptors (Lipinski definition) is 4. The molecule has 0 spiro atoms. The lowest BCUT2D eigenvalue weighted by molar-refractivity contribution is 0.00578. The summed E-state index contributed by atoms with van der Waals surface area (Å²) in [5.41, 5.74) is -0.0629. The van der Waals surface area contributed by atoms with E-state index in [-0.39, 0.29) is 5.69 Å². The summed E-state index contributed by atoms with van der Waals surface area (Å²) < 4.78 is 65.8. The van der Waals surface area contributed by atoms with Crippen LogP contribution in [0.1, 0.15) is 27.7 Å². The molecule has 9 heteroatoms. The zero-order valence-corrected chi connectivity index (χ0v) is 16.2. The first-order chi connectivity index (χ1) is 12.4. The standard InChI is InChI=1S/C18H20BF2NO4S/c1-17(2)18(3,4)26-19(25-17)12-5-8-14(9-6-12)22-27(23,24)16-11-13(20)7-10-15(16)21/h5-11,22H,1-4H3. The molecule has 0 amide bonds. The van der Waals surface area contributed by atoms with Crippen LogP contribution in [0.5, 0.6) is 0 Å². The Hall–Kier alpha value is -1.97. The Morgan fingerprint density at radius 2 is 1.48 bits per heavy atom. The first kappa shape index (κ1) is 19.8. The maximum atomic E-state index is 13.8. The van der Waals surface area contributed by atoms with Crippen LogP contribution >= 0.6 is 0 Å². The summed E-state index contributed by atoms with van der Waals surface area (Å²) in [5, 5.41) is 0. The summed E-state index contributed by atoms with van der Waals surface area (Å²) in [7, 11) is -4.85. The van der Waals surface area contributed by atoms with Gasteiger partial charge in [0.2, 0.25) is 0 Å². The third-order valence-electron chi connectivity index (χ3n) is 4.87. The lowest BCUT2D eigenvalue weighted by atomic mass is 9.79. The number of sulfonamides is 1. The highest BCUT2D eigenvalue weighted by Crippen LogP contribution is 2.36. The predicted octanol–water partition coefficient (Wildman–Crippen LogP) is 3.06. The van der Waals surface area contributed by atoms with Crippen molar-refractivity contribution in [3.63, 3.8) is 0 Å². The molecule has 0 aliphatic carbocycles. The normalized spacial score (nSPS) is 18.5. The van der Waals surface area contributed by atoms with Gasteiger partial charge in [0.25, 0.3) is 10.0 Å². The van der Waals surface area contributed by atoms with Crippen molar-refractivity contribution in [2.75, 3.05) is 4.72 Å². The molecule has 1 fully saturated rings. The first-order valence-electron chi connectivity index (χ1n) is 8.35. The molecule has 5 nitrogen and oxygen atoms in total. The molecule has 144 valence electrons. The zero-order valence-electron chi connectivity index (χ0n) is 15.4. The number of hydrogen-bond donors (Lipinski definition) is 1. The van der Waals surface area contributed by atoms with Crippen LogP contribution in [0.2, 0.25) is 0 Å². The van der Waals surface area contributed by atoms with Gasteiger partial charge in [0.1, 0.15) is 16.5 Å². The van der Waals surface area contributed by atoms with Crippen LogP contribution < -0.4 is 10.2 Å². The predicted molar refractivity (Wildman–Crippen MR) is 99.3 cm³/mol. The largest absolute Gasteiger partial charge is 0.494 e. The minimum atomic E-state index is -4.26. The molecule has 0 atom stereocenters. The number of halogens is 2. The van der Waals surface area contributed by atoms with Gasteiger partial charge in [0.15, 0.2) is 0 Å². The quantitative estimate of drug-likeness (QED) is 0.809. The maximum Gasteiger partial charge on any atom is 0.494 e. The van der Waals surface area contributed by atoms with Gasteiger partial charge in [-0.05, 0) is 63.5 Å². The maximum absolute atomic E-state index is 13.8. The van der Waals surface area contributed by atoms with Crippen LogP contribution in [0, 0.1) is 11.6 Å². The Morgan fingerprint density at radius 1 is 0.926 bits per heavy atom. The lowest BCUT2D eigenvalue weighted by Gasteiger charge is -2.32. The Morgan fingerprint density at radius 3 is 2.04 bits per heavy atom. The molecule has 2 aromatic rings. The minimum Gasteiger partial charge on any atom is -0.399 e. The third-order valence-corrected chi connectivity index (χ3v) is 6.27. The Labute approximate surface area is 157 Å². The molecule has 0 radical (unpaired) electrons.